The molecule has 2 atom stereocenters. The average Bonchev–Trinajstić information content (AvgIpc) is 2.47. The molecule has 0 spiro atoms. The summed E-state index contributed by atoms with van der Waals surface area (Å²) in [5.41, 5.74) is 0. The summed E-state index contributed by atoms with van der Waals surface area (Å²) in [4.78, 5) is 11.4. The van der Waals surface area contributed by atoms with E-state index in [4.69, 9.17) is 5.11 Å². The van der Waals surface area contributed by atoms with Crippen LogP contribution >= 0.6 is 0 Å². The van der Waals surface area contributed by atoms with Gasteiger partial charge in [0.2, 0.25) is 5.91 Å². The highest BCUT2D eigenvalue weighted by molar-refractivity contribution is 5.79. The molecule has 0 aliphatic carbocycles. The summed E-state index contributed by atoms with van der Waals surface area (Å²) in [6.07, 6.45) is 0. The second kappa shape index (κ2) is 4.42. The van der Waals surface area contributed by atoms with Crippen LogP contribution in [0.3, 0.4) is 0 Å². The van der Waals surface area contributed by atoms with Gasteiger partial charge < -0.3 is 15.7 Å². The molecule has 1 amide bonds. The van der Waals surface area contributed by atoms with E-state index in [1.54, 1.807) is 0 Å². The van der Waals surface area contributed by atoms with Crippen LogP contribution in [0.1, 0.15) is 6.92 Å². The molecule has 1 saturated heterocycles. The fourth-order valence-electron chi connectivity index (χ4n) is 1.47. The van der Waals surface area contributed by atoms with E-state index in [-0.39, 0.29) is 18.4 Å². The first-order valence-electron chi connectivity index (χ1n) is 4.35. The zero-order valence-electron chi connectivity index (χ0n) is 7.34. The van der Waals surface area contributed by atoms with Crippen molar-refractivity contribution in [3.63, 3.8) is 0 Å². The molecule has 1 rings (SSSR count). The maximum atomic E-state index is 11.4. The quantitative estimate of drug-likeness (QED) is 0.509. The van der Waals surface area contributed by atoms with Gasteiger partial charge in [-0.2, -0.15) is 0 Å². The Morgan fingerprint density at radius 1 is 1.67 bits per heavy atom. The number of aliphatic hydroxyl groups is 1. The zero-order chi connectivity index (χ0) is 8.97. The summed E-state index contributed by atoms with van der Waals surface area (Å²) >= 11 is 0. The molecule has 12 heavy (non-hydrogen) atoms. The number of amides is 1. The second-order valence-corrected chi connectivity index (χ2v) is 3.26. The molecule has 0 radical (unpaired) electrons. The summed E-state index contributed by atoms with van der Waals surface area (Å²) in [6.45, 7) is 4.11. The lowest BCUT2D eigenvalue weighted by Gasteiger charge is -2.13. The van der Waals surface area contributed by atoms with Gasteiger partial charge in [0, 0.05) is 13.1 Å². The fourth-order valence-corrected chi connectivity index (χ4v) is 1.47. The second-order valence-electron chi connectivity index (χ2n) is 3.26. The van der Waals surface area contributed by atoms with Crippen molar-refractivity contribution in [2.45, 2.75) is 6.92 Å². The van der Waals surface area contributed by atoms with E-state index in [0.717, 1.165) is 13.1 Å². The Morgan fingerprint density at radius 2 is 2.42 bits per heavy atom. The standard InChI is InChI=1S/C8H16N2O2/c1-6-4-9-5-7(6)8(12)10-2-3-11/h6-7,9,11H,2-5H2,1H3,(H,10,12). The van der Waals surface area contributed by atoms with Crippen molar-refractivity contribution in [2.24, 2.45) is 11.8 Å². The largest absolute Gasteiger partial charge is 0.395 e. The van der Waals surface area contributed by atoms with E-state index >= 15 is 0 Å². The van der Waals surface area contributed by atoms with Gasteiger partial charge in [0.25, 0.3) is 0 Å². The molecular formula is C8H16N2O2. The lowest BCUT2D eigenvalue weighted by molar-refractivity contribution is -0.125. The summed E-state index contributed by atoms with van der Waals surface area (Å²) in [7, 11) is 0. The number of aliphatic hydroxyl groups excluding tert-OH is 1. The number of hydrogen-bond acceptors (Lipinski definition) is 3. The molecule has 2 unspecified atom stereocenters. The molecule has 4 nitrogen and oxygen atoms in total. The molecule has 3 N–H and O–H groups in total. The average molecular weight is 172 g/mol. The number of carbonyl (C=O) groups excluding carboxylic acids is 1. The van der Waals surface area contributed by atoms with Crippen LogP contribution in [0.25, 0.3) is 0 Å². The first kappa shape index (κ1) is 9.48. The van der Waals surface area contributed by atoms with Crippen molar-refractivity contribution in [2.75, 3.05) is 26.2 Å². The summed E-state index contributed by atoms with van der Waals surface area (Å²) in [5, 5.41) is 14.3. The topological polar surface area (TPSA) is 61.4 Å². The van der Waals surface area contributed by atoms with Crippen molar-refractivity contribution < 1.29 is 9.90 Å². The predicted molar refractivity (Wildman–Crippen MR) is 45.6 cm³/mol. The Balaban J connectivity index is 2.30. The Bertz CT molecular complexity index is 161. The van der Waals surface area contributed by atoms with Crippen LogP contribution < -0.4 is 10.6 Å². The smallest absolute Gasteiger partial charge is 0.224 e. The van der Waals surface area contributed by atoms with Crippen molar-refractivity contribution in [3.05, 3.63) is 0 Å². The van der Waals surface area contributed by atoms with E-state index in [1.165, 1.54) is 0 Å². The van der Waals surface area contributed by atoms with Crippen LogP contribution in [0.2, 0.25) is 0 Å². The van der Waals surface area contributed by atoms with E-state index in [1.807, 2.05) is 0 Å². The molecule has 0 aromatic heterocycles. The Kier molecular flexibility index (Phi) is 3.49. The SMILES string of the molecule is CC1CNCC1C(=O)NCCO. The van der Waals surface area contributed by atoms with E-state index in [2.05, 4.69) is 17.6 Å². The molecule has 1 aliphatic heterocycles. The Morgan fingerprint density at radius 3 is 2.92 bits per heavy atom. The number of carbonyl (C=O) groups is 1. The van der Waals surface area contributed by atoms with Crippen LogP contribution in [0.5, 0.6) is 0 Å². The normalized spacial score (nSPS) is 28.8. The van der Waals surface area contributed by atoms with Crippen LogP contribution in [-0.2, 0) is 4.79 Å². The zero-order valence-corrected chi connectivity index (χ0v) is 7.34. The van der Waals surface area contributed by atoms with Crippen molar-refractivity contribution in [3.8, 4) is 0 Å². The minimum atomic E-state index is 0.0142. The summed E-state index contributed by atoms with van der Waals surface area (Å²) in [5.74, 6) is 0.543. The fraction of sp³-hybridized carbons (Fsp3) is 0.875. The molecule has 4 heteroatoms. The molecule has 0 aromatic rings. The van der Waals surface area contributed by atoms with Gasteiger partial charge in [-0.25, -0.2) is 0 Å². The lowest BCUT2D eigenvalue weighted by atomic mass is 9.97. The maximum Gasteiger partial charge on any atom is 0.224 e. The number of rotatable bonds is 3. The van der Waals surface area contributed by atoms with E-state index in [0.29, 0.717) is 12.5 Å². The van der Waals surface area contributed by atoms with Crippen LogP contribution in [0.15, 0.2) is 0 Å². The van der Waals surface area contributed by atoms with Gasteiger partial charge in [0.15, 0.2) is 0 Å². The van der Waals surface area contributed by atoms with Crippen molar-refractivity contribution >= 4 is 5.91 Å². The predicted octanol–water partition coefficient (Wildman–Crippen LogP) is -1.05. The molecule has 0 saturated carbocycles. The van der Waals surface area contributed by atoms with Crippen LogP contribution in [0, 0.1) is 11.8 Å². The Labute approximate surface area is 72.3 Å². The maximum absolute atomic E-state index is 11.4. The van der Waals surface area contributed by atoms with Gasteiger partial charge in [-0.3, -0.25) is 4.79 Å². The minimum Gasteiger partial charge on any atom is -0.395 e. The highest BCUT2D eigenvalue weighted by Crippen LogP contribution is 2.15. The first-order valence-corrected chi connectivity index (χ1v) is 4.35. The van der Waals surface area contributed by atoms with Gasteiger partial charge >= 0.3 is 0 Å². The highest BCUT2D eigenvalue weighted by atomic mass is 16.3. The highest BCUT2D eigenvalue weighted by Gasteiger charge is 2.28. The van der Waals surface area contributed by atoms with Crippen molar-refractivity contribution in [1.82, 2.24) is 10.6 Å². The Hall–Kier alpha value is -0.610. The van der Waals surface area contributed by atoms with Gasteiger partial charge in [-0.1, -0.05) is 6.92 Å². The summed E-state index contributed by atoms with van der Waals surface area (Å²) in [6, 6.07) is 0. The van der Waals surface area contributed by atoms with Gasteiger partial charge in [-0.15, -0.1) is 0 Å². The van der Waals surface area contributed by atoms with Gasteiger partial charge in [0.05, 0.1) is 12.5 Å². The monoisotopic (exact) mass is 172 g/mol. The first-order chi connectivity index (χ1) is 5.75. The molecule has 0 bridgehead atoms. The van der Waals surface area contributed by atoms with E-state index in [9.17, 15) is 4.79 Å². The van der Waals surface area contributed by atoms with E-state index < -0.39 is 0 Å². The molecule has 1 heterocycles. The van der Waals surface area contributed by atoms with Gasteiger partial charge in [-0.05, 0) is 12.5 Å². The molecule has 1 fully saturated rings. The molecular weight excluding hydrogens is 156 g/mol. The van der Waals surface area contributed by atoms with Crippen LogP contribution in [0.4, 0.5) is 0 Å². The summed E-state index contributed by atoms with van der Waals surface area (Å²) < 4.78 is 0. The molecule has 0 aromatic carbocycles. The third-order valence-electron chi connectivity index (χ3n) is 2.27. The van der Waals surface area contributed by atoms with Gasteiger partial charge in [0.1, 0.15) is 0 Å². The molecule has 1 aliphatic rings. The van der Waals surface area contributed by atoms with Crippen molar-refractivity contribution in [1.29, 1.82) is 0 Å². The molecule has 70 valence electrons. The number of nitrogens with one attached hydrogen (secondary N) is 2. The lowest BCUT2D eigenvalue weighted by Crippen LogP contribution is -2.35. The third kappa shape index (κ3) is 2.19. The number of hydrogen-bond donors (Lipinski definition) is 3. The minimum absolute atomic E-state index is 0.0142. The third-order valence-corrected chi connectivity index (χ3v) is 2.27. The van der Waals surface area contributed by atoms with Crippen LogP contribution in [-0.4, -0.2) is 37.3 Å².